The van der Waals surface area contributed by atoms with E-state index in [1.54, 1.807) is 0 Å². The van der Waals surface area contributed by atoms with Crippen LogP contribution in [0.1, 0.15) is 79.6 Å². The highest BCUT2D eigenvalue weighted by Crippen LogP contribution is 2.65. The average Bonchev–Trinajstić information content (AvgIpc) is 2.87. The van der Waals surface area contributed by atoms with Crippen LogP contribution in [0, 0.1) is 28.6 Å². The van der Waals surface area contributed by atoms with Crippen molar-refractivity contribution in [1.82, 2.24) is 0 Å². The molecule has 138 valence electrons. The summed E-state index contributed by atoms with van der Waals surface area (Å²) in [6.45, 7) is 10.8. The SMILES string of the molecule is C/C=C1\C(=O)CC2C3CCC4=CC(=O)CCC4(C)C3CCC12C.CC. The maximum Gasteiger partial charge on any atom is 0.159 e. The molecule has 3 saturated carbocycles. The van der Waals surface area contributed by atoms with Crippen LogP contribution in [0.5, 0.6) is 0 Å². The van der Waals surface area contributed by atoms with Crippen molar-refractivity contribution in [2.75, 3.05) is 0 Å². The van der Waals surface area contributed by atoms with E-state index in [1.165, 1.54) is 18.4 Å². The summed E-state index contributed by atoms with van der Waals surface area (Å²) in [5.74, 6) is 2.56. The third kappa shape index (κ3) is 2.59. The first-order valence-corrected chi connectivity index (χ1v) is 10.3. The highest BCUT2D eigenvalue weighted by atomic mass is 16.1. The van der Waals surface area contributed by atoms with Gasteiger partial charge in [0.2, 0.25) is 0 Å². The van der Waals surface area contributed by atoms with E-state index in [2.05, 4.69) is 19.9 Å². The third-order valence-electron chi connectivity index (χ3n) is 7.96. The topological polar surface area (TPSA) is 34.1 Å². The number of carbonyl (C=O) groups is 2. The number of Topliss-reactive ketones (excluding diaryl/α,β-unsaturated/α-hetero) is 1. The standard InChI is InChI=1S/C21H28O2.C2H6/c1-4-16-19(23)12-18-15-6-5-13-11-14(22)7-9-20(13,2)17(15)8-10-21(16,18)3;1-2/h4,11,15,17-18H,5-10,12H2,1-3H3;1-2H3/b16-4+;. The van der Waals surface area contributed by atoms with Crippen molar-refractivity contribution >= 4 is 11.6 Å². The minimum absolute atomic E-state index is 0.106. The second-order valence-corrected chi connectivity index (χ2v) is 8.75. The number of hydrogen-bond donors (Lipinski definition) is 0. The van der Waals surface area contributed by atoms with E-state index in [1.807, 2.05) is 26.8 Å². The molecule has 0 N–H and O–H groups in total. The van der Waals surface area contributed by atoms with E-state index >= 15 is 0 Å². The van der Waals surface area contributed by atoms with E-state index in [4.69, 9.17) is 0 Å². The number of allylic oxidation sites excluding steroid dienone is 3. The largest absolute Gasteiger partial charge is 0.295 e. The first kappa shape index (κ1) is 18.6. The normalized spacial score (nSPS) is 44.3. The Bertz CT molecular complexity index is 640. The number of fused-ring (bicyclic) bond motifs is 5. The van der Waals surface area contributed by atoms with Gasteiger partial charge in [-0.2, -0.15) is 0 Å². The molecule has 4 rings (SSSR count). The van der Waals surface area contributed by atoms with Gasteiger partial charge in [0.15, 0.2) is 11.6 Å². The highest BCUT2D eigenvalue weighted by molar-refractivity contribution is 5.99. The lowest BCUT2D eigenvalue weighted by molar-refractivity contribution is -0.117. The van der Waals surface area contributed by atoms with Crippen molar-refractivity contribution in [3.63, 3.8) is 0 Å². The molecule has 5 unspecified atom stereocenters. The van der Waals surface area contributed by atoms with E-state index in [-0.39, 0.29) is 10.8 Å². The van der Waals surface area contributed by atoms with Crippen LogP contribution >= 0.6 is 0 Å². The summed E-state index contributed by atoms with van der Waals surface area (Å²) >= 11 is 0. The Labute approximate surface area is 153 Å². The van der Waals surface area contributed by atoms with Crippen molar-refractivity contribution in [3.05, 3.63) is 23.3 Å². The lowest BCUT2D eigenvalue weighted by Gasteiger charge is -2.57. The Hall–Kier alpha value is -1.18. The third-order valence-corrected chi connectivity index (χ3v) is 7.96. The fraction of sp³-hybridized carbons (Fsp3) is 0.739. The van der Waals surface area contributed by atoms with Gasteiger partial charge in [0.1, 0.15) is 0 Å². The van der Waals surface area contributed by atoms with E-state index in [0.717, 1.165) is 31.3 Å². The van der Waals surface area contributed by atoms with Crippen molar-refractivity contribution in [1.29, 1.82) is 0 Å². The molecule has 4 aliphatic carbocycles. The van der Waals surface area contributed by atoms with Gasteiger partial charge in [0.25, 0.3) is 0 Å². The molecule has 0 heterocycles. The first-order valence-electron chi connectivity index (χ1n) is 10.3. The molecule has 0 bridgehead atoms. The lowest BCUT2D eigenvalue weighted by atomic mass is 9.47. The van der Waals surface area contributed by atoms with Crippen LogP contribution in [0.15, 0.2) is 23.3 Å². The molecule has 0 spiro atoms. The Balaban J connectivity index is 0.000000880. The molecule has 4 aliphatic rings. The molecular weight excluding hydrogens is 308 g/mol. The van der Waals surface area contributed by atoms with E-state index < -0.39 is 0 Å². The van der Waals surface area contributed by atoms with Crippen molar-refractivity contribution in [2.24, 2.45) is 28.6 Å². The Morgan fingerprint density at radius 1 is 1.00 bits per heavy atom. The molecule has 0 aromatic rings. The number of hydrogen-bond acceptors (Lipinski definition) is 2. The summed E-state index contributed by atoms with van der Waals surface area (Å²) in [6, 6.07) is 0. The van der Waals surface area contributed by atoms with Gasteiger partial charge >= 0.3 is 0 Å². The van der Waals surface area contributed by atoms with Gasteiger partial charge in [0.05, 0.1) is 0 Å². The molecule has 25 heavy (non-hydrogen) atoms. The zero-order valence-electron chi connectivity index (χ0n) is 16.7. The molecule has 0 aromatic carbocycles. The molecule has 0 amide bonds. The van der Waals surface area contributed by atoms with Crippen LogP contribution in [0.25, 0.3) is 0 Å². The summed E-state index contributed by atoms with van der Waals surface area (Å²) in [4.78, 5) is 24.4. The summed E-state index contributed by atoms with van der Waals surface area (Å²) in [5, 5.41) is 0. The van der Waals surface area contributed by atoms with Crippen LogP contribution < -0.4 is 0 Å². The van der Waals surface area contributed by atoms with E-state index in [9.17, 15) is 9.59 Å². The molecule has 0 saturated heterocycles. The minimum atomic E-state index is 0.106. The van der Waals surface area contributed by atoms with Gasteiger partial charge in [-0.3, -0.25) is 9.59 Å². The molecule has 3 fully saturated rings. The van der Waals surface area contributed by atoms with Crippen LogP contribution in [0.3, 0.4) is 0 Å². The molecule has 0 aliphatic heterocycles. The van der Waals surface area contributed by atoms with Gasteiger partial charge in [-0.25, -0.2) is 0 Å². The number of carbonyl (C=O) groups excluding carboxylic acids is 2. The Morgan fingerprint density at radius 3 is 2.40 bits per heavy atom. The van der Waals surface area contributed by atoms with Crippen molar-refractivity contribution in [3.8, 4) is 0 Å². The summed E-state index contributed by atoms with van der Waals surface area (Å²) in [7, 11) is 0. The van der Waals surface area contributed by atoms with Crippen molar-refractivity contribution in [2.45, 2.75) is 79.6 Å². The molecule has 2 nitrogen and oxygen atoms in total. The highest BCUT2D eigenvalue weighted by Gasteiger charge is 2.59. The van der Waals surface area contributed by atoms with Gasteiger partial charge in [-0.15, -0.1) is 0 Å². The predicted octanol–water partition coefficient (Wildman–Crippen LogP) is 5.67. The quantitative estimate of drug-likeness (QED) is 0.532. The molecule has 5 atom stereocenters. The van der Waals surface area contributed by atoms with Gasteiger partial charge < -0.3 is 0 Å². The van der Waals surface area contributed by atoms with Crippen LogP contribution in [0.2, 0.25) is 0 Å². The predicted molar refractivity (Wildman–Crippen MR) is 102 cm³/mol. The van der Waals surface area contributed by atoms with Crippen LogP contribution in [-0.2, 0) is 9.59 Å². The number of rotatable bonds is 0. The maximum absolute atomic E-state index is 12.5. The number of ketones is 2. The van der Waals surface area contributed by atoms with E-state index in [0.29, 0.717) is 35.7 Å². The average molecular weight is 343 g/mol. The molecular formula is C23H34O2. The fourth-order valence-corrected chi connectivity index (χ4v) is 6.71. The van der Waals surface area contributed by atoms with Gasteiger partial charge in [0, 0.05) is 12.8 Å². The van der Waals surface area contributed by atoms with Gasteiger partial charge in [-0.1, -0.05) is 39.3 Å². The van der Waals surface area contributed by atoms with Gasteiger partial charge in [-0.05, 0) is 79.3 Å². The summed E-state index contributed by atoms with van der Waals surface area (Å²) < 4.78 is 0. The zero-order chi connectivity index (χ0) is 18.4. The summed E-state index contributed by atoms with van der Waals surface area (Å²) in [6.07, 6.45) is 11.1. The monoisotopic (exact) mass is 342 g/mol. The molecule has 0 aromatic heterocycles. The second kappa shape index (κ2) is 6.52. The lowest BCUT2D eigenvalue weighted by Crippen LogP contribution is -2.49. The minimum Gasteiger partial charge on any atom is -0.295 e. The van der Waals surface area contributed by atoms with Crippen molar-refractivity contribution < 1.29 is 9.59 Å². The second-order valence-electron chi connectivity index (χ2n) is 8.75. The zero-order valence-corrected chi connectivity index (χ0v) is 16.7. The molecule has 2 heteroatoms. The smallest absolute Gasteiger partial charge is 0.159 e. The first-order chi connectivity index (χ1) is 11.9. The summed E-state index contributed by atoms with van der Waals surface area (Å²) in [5.41, 5.74) is 2.83. The fourth-order valence-electron chi connectivity index (χ4n) is 6.71. The van der Waals surface area contributed by atoms with Crippen LogP contribution in [0.4, 0.5) is 0 Å². The Kier molecular flexibility index (Phi) is 4.85. The Morgan fingerprint density at radius 2 is 1.72 bits per heavy atom. The molecule has 0 radical (unpaired) electrons. The maximum atomic E-state index is 12.5. The van der Waals surface area contributed by atoms with Crippen LogP contribution in [-0.4, -0.2) is 11.6 Å².